The van der Waals surface area contributed by atoms with Gasteiger partial charge in [-0.1, -0.05) is 18.2 Å². The highest BCUT2D eigenvalue weighted by Gasteiger charge is 2.40. The van der Waals surface area contributed by atoms with E-state index < -0.39 is 24.2 Å². The third-order valence-corrected chi connectivity index (χ3v) is 4.77. The third kappa shape index (κ3) is 5.12. The number of nitrogens with zero attached hydrogens (tertiary/aromatic N) is 1. The third-order valence-electron chi connectivity index (χ3n) is 4.77. The fraction of sp³-hybridized carbons (Fsp3) is 0.611. The summed E-state index contributed by atoms with van der Waals surface area (Å²) in [4.78, 5) is 13.9. The second-order valence-corrected chi connectivity index (χ2v) is 6.79. The molecule has 0 saturated carbocycles. The van der Waals surface area contributed by atoms with Gasteiger partial charge in [-0.15, -0.1) is 0 Å². The predicted octanol–water partition coefficient (Wildman–Crippen LogP) is 1.04. The van der Waals surface area contributed by atoms with E-state index in [1.165, 1.54) is 0 Å². The number of para-hydroxylation sites is 1. The first kappa shape index (κ1) is 19.0. The molecule has 0 bridgehead atoms. The molecule has 8 heteroatoms. The lowest BCUT2D eigenvalue weighted by Crippen LogP contribution is -2.49. The van der Waals surface area contributed by atoms with Gasteiger partial charge in [-0.2, -0.15) is 0 Å². The zero-order valence-electron chi connectivity index (χ0n) is 14.4. The van der Waals surface area contributed by atoms with Crippen molar-refractivity contribution >= 4 is 5.91 Å². The normalized spacial score (nSPS) is 28.7. The van der Waals surface area contributed by atoms with Crippen LogP contribution in [-0.4, -0.2) is 72.9 Å². The highest BCUT2D eigenvalue weighted by atomic mass is 19.3. The Morgan fingerprint density at radius 3 is 2.69 bits per heavy atom. The monoisotopic (exact) mass is 370 g/mol. The summed E-state index contributed by atoms with van der Waals surface area (Å²) in [5, 5.41) is 13.1. The molecular formula is C18H24F2N2O4. The maximum atomic E-state index is 13.2. The van der Waals surface area contributed by atoms with Gasteiger partial charge in [0.05, 0.1) is 18.8 Å². The van der Waals surface area contributed by atoms with Gasteiger partial charge in [0.25, 0.3) is 11.8 Å². The van der Waals surface area contributed by atoms with Crippen LogP contribution in [0.2, 0.25) is 0 Å². The van der Waals surface area contributed by atoms with Gasteiger partial charge in [0.1, 0.15) is 11.9 Å². The first-order valence-electron chi connectivity index (χ1n) is 8.80. The number of nitrogens with one attached hydrogen (secondary N) is 1. The number of aliphatic hydroxyl groups excluding tert-OH is 1. The van der Waals surface area contributed by atoms with Crippen molar-refractivity contribution in [3.8, 4) is 5.75 Å². The number of hydrogen-bond acceptors (Lipinski definition) is 5. The standard InChI is InChI=1S/C18H24F2N2O4/c19-18(20)6-8-22(9-7-18)10-15-17(24)14(11-26-15)21-16(23)12-25-13-4-2-1-3-5-13/h1-5,14-15,17,24H,6-12H2,(H,21,23)/t14-,15-,17+/m0/s1. The highest BCUT2D eigenvalue weighted by Crippen LogP contribution is 2.28. The Labute approximate surface area is 151 Å². The van der Waals surface area contributed by atoms with Crippen LogP contribution in [-0.2, 0) is 9.53 Å². The smallest absolute Gasteiger partial charge is 0.258 e. The van der Waals surface area contributed by atoms with E-state index in [9.17, 15) is 18.7 Å². The van der Waals surface area contributed by atoms with Crippen molar-refractivity contribution in [2.75, 3.05) is 32.8 Å². The molecule has 1 aromatic carbocycles. The van der Waals surface area contributed by atoms with E-state index in [0.29, 0.717) is 12.3 Å². The number of rotatable bonds is 6. The van der Waals surface area contributed by atoms with Gasteiger partial charge < -0.3 is 24.8 Å². The molecule has 0 aromatic heterocycles. The minimum atomic E-state index is -2.60. The maximum Gasteiger partial charge on any atom is 0.258 e. The molecule has 1 amide bonds. The minimum Gasteiger partial charge on any atom is -0.484 e. The van der Waals surface area contributed by atoms with Crippen LogP contribution in [0.5, 0.6) is 5.75 Å². The van der Waals surface area contributed by atoms with E-state index in [0.717, 1.165) is 0 Å². The molecule has 26 heavy (non-hydrogen) atoms. The van der Waals surface area contributed by atoms with E-state index in [1.807, 2.05) is 23.1 Å². The Hall–Kier alpha value is -1.77. The molecular weight excluding hydrogens is 346 g/mol. The molecule has 2 aliphatic heterocycles. The van der Waals surface area contributed by atoms with Crippen molar-refractivity contribution < 1.29 is 28.2 Å². The summed E-state index contributed by atoms with van der Waals surface area (Å²) in [5.74, 6) is -2.36. The quantitative estimate of drug-likeness (QED) is 0.783. The number of likely N-dealkylation sites (tertiary alicyclic amines) is 1. The Kier molecular flexibility index (Phi) is 6.05. The lowest BCUT2D eigenvalue weighted by atomic mass is 10.0. The highest BCUT2D eigenvalue weighted by molar-refractivity contribution is 5.78. The summed E-state index contributed by atoms with van der Waals surface area (Å²) in [6.45, 7) is 0.971. The molecule has 3 atom stereocenters. The van der Waals surface area contributed by atoms with Crippen LogP contribution in [0.1, 0.15) is 12.8 Å². The summed E-state index contributed by atoms with van der Waals surface area (Å²) in [6, 6.07) is 8.44. The molecule has 2 heterocycles. The average molecular weight is 370 g/mol. The molecule has 0 radical (unpaired) electrons. The molecule has 144 valence electrons. The van der Waals surface area contributed by atoms with Crippen LogP contribution in [0.25, 0.3) is 0 Å². The SMILES string of the molecule is O=C(COc1ccccc1)N[C@H]1CO[C@@H](CN2CCC(F)(F)CC2)[C@@H]1O. The Balaban J connectivity index is 1.41. The van der Waals surface area contributed by atoms with Gasteiger partial charge in [0, 0.05) is 32.5 Å². The summed E-state index contributed by atoms with van der Waals surface area (Å²) in [7, 11) is 0. The predicted molar refractivity (Wildman–Crippen MR) is 90.2 cm³/mol. The van der Waals surface area contributed by atoms with Crippen molar-refractivity contribution in [3.63, 3.8) is 0 Å². The summed E-state index contributed by atoms with van der Waals surface area (Å²) in [5.41, 5.74) is 0. The number of halogens is 2. The number of amides is 1. The van der Waals surface area contributed by atoms with Crippen molar-refractivity contribution in [2.24, 2.45) is 0 Å². The van der Waals surface area contributed by atoms with Crippen molar-refractivity contribution in [1.29, 1.82) is 0 Å². The van der Waals surface area contributed by atoms with Gasteiger partial charge in [0.15, 0.2) is 6.61 Å². The second-order valence-electron chi connectivity index (χ2n) is 6.79. The lowest BCUT2D eigenvalue weighted by molar-refractivity contribution is -0.124. The van der Waals surface area contributed by atoms with Crippen molar-refractivity contribution in [2.45, 2.75) is 37.0 Å². The van der Waals surface area contributed by atoms with Crippen molar-refractivity contribution in [3.05, 3.63) is 30.3 Å². The lowest BCUT2D eigenvalue weighted by Gasteiger charge is -2.33. The number of hydrogen-bond donors (Lipinski definition) is 2. The van der Waals surface area contributed by atoms with Gasteiger partial charge in [-0.05, 0) is 12.1 Å². The van der Waals surface area contributed by atoms with Crippen LogP contribution < -0.4 is 10.1 Å². The number of piperidine rings is 1. The van der Waals surface area contributed by atoms with Crippen LogP contribution in [0, 0.1) is 0 Å². The molecule has 2 fully saturated rings. The molecule has 2 saturated heterocycles. The number of carbonyl (C=O) groups excluding carboxylic acids is 1. The number of benzene rings is 1. The van der Waals surface area contributed by atoms with E-state index >= 15 is 0 Å². The largest absolute Gasteiger partial charge is 0.484 e. The van der Waals surface area contributed by atoms with Crippen LogP contribution in [0.3, 0.4) is 0 Å². The van der Waals surface area contributed by atoms with E-state index in [4.69, 9.17) is 9.47 Å². The summed E-state index contributed by atoms with van der Waals surface area (Å²) in [6.07, 6.45) is -1.72. The molecule has 0 aliphatic carbocycles. The number of aliphatic hydroxyl groups is 1. The molecule has 3 rings (SSSR count). The van der Waals surface area contributed by atoms with Crippen molar-refractivity contribution in [1.82, 2.24) is 10.2 Å². The average Bonchev–Trinajstić information content (AvgIpc) is 2.96. The maximum absolute atomic E-state index is 13.2. The number of ether oxygens (including phenoxy) is 2. The van der Waals surface area contributed by atoms with E-state index in [-0.39, 0.29) is 45.1 Å². The first-order valence-corrected chi connectivity index (χ1v) is 8.80. The zero-order valence-corrected chi connectivity index (χ0v) is 14.4. The molecule has 0 spiro atoms. The summed E-state index contributed by atoms with van der Waals surface area (Å²) < 4.78 is 37.3. The topological polar surface area (TPSA) is 71.0 Å². The number of carbonyl (C=O) groups is 1. The van der Waals surface area contributed by atoms with Gasteiger partial charge >= 0.3 is 0 Å². The molecule has 2 N–H and O–H groups in total. The fourth-order valence-electron chi connectivity index (χ4n) is 3.20. The molecule has 6 nitrogen and oxygen atoms in total. The van der Waals surface area contributed by atoms with Gasteiger partial charge in [-0.3, -0.25) is 4.79 Å². The van der Waals surface area contributed by atoms with Gasteiger partial charge in [-0.25, -0.2) is 8.78 Å². The van der Waals surface area contributed by atoms with Gasteiger partial charge in [0.2, 0.25) is 0 Å². The Morgan fingerprint density at radius 2 is 2.00 bits per heavy atom. The molecule has 1 aromatic rings. The van der Waals surface area contributed by atoms with Crippen LogP contribution >= 0.6 is 0 Å². The second kappa shape index (κ2) is 8.28. The number of alkyl halides is 2. The molecule has 2 aliphatic rings. The minimum absolute atomic E-state index is 0.154. The Bertz CT molecular complexity index is 592. The summed E-state index contributed by atoms with van der Waals surface area (Å²) >= 11 is 0. The first-order chi connectivity index (χ1) is 12.4. The van der Waals surface area contributed by atoms with E-state index in [2.05, 4.69) is 5.32 Å². The molecule has 0 unspecified atom stereocenters. The zero-order chi connectivity index (χ0) is 18.6. The van der Waals surface area contributed by atoms with Crippen LogP contribution in [0.4, 0.5) is 8.78 Å². The van der Waals surface area contributed by atoms with E-state index in [1.54, 1.807) is 12.1 Å². The fourth-order valence-corrected chi connectivity index (χ4v) is 3.20. The van der Waals surface area contributed by atoms with Crippen LogP contribution in [0.15, 0.2) is 30.3 Å². The Morgan fingerprint density at radius 1 is 1.31 bits per heavy atom.